The fourth-order valence-electron chi connectivity index (χ4n) is 3.42. The molecule has 0 aromatic heterocycles. The summed E-state index contributed by atoms with van der Waals surface area (Å²) in [4.78, 5) is 0. The van der Waals surface area contributed by atoms with Crippen molar-refractivity contribution in [3.63, 3.8) is 0 Å². The molecule has 0 fully saturated rings. The highest BCUT2D eigenvalue weighted by molar-refractivity contribution is 7.80. The molecule has 0 atom stereocenters. The number of anilines is 2. The van der Waals surface area contributed by atoms with E-state index in [1.807, 2.05) is 60.7 Å². The van der Waals surface area contributed by atoms with Crippen LogP contribution < -0.4 is 21.3 Å². The maximum Gasteiger partial charge on any atom is 0.171 e. The Labute approximate surface area is 199 Å². The average molecular weight is 457 g/mol. The fourth-order valence-corrected chi connectivity index (χ4v) is 3.78. The topological polar surface area (TPSA) is 48.1 Å². The molecule has 4 nitrogen and oxygen atoms in total. The van der Waals surface area contributed by atoms with E-state index in [9.17, 15) is 0 Å². The number of nitrogens with one attached hydrogen (secondary N) is 4. The van der Waals surface area contributed by atoms with Crippen molar-refractivity contribution in [1.82, 2.24) is 10.6 Å². The molecule has 0 saturated heterocycles. The first kappa shape index (κ1) is 21.7. The van der Waals surface area contributed by atoms with Crippen LogP contribution in [0.1, 0.15) is 11.1 Å². The number of fused-ring (bicyclic) bond motifs is 1. The summed E-state index contributed by atoms with van der Waals surface area (Å²) in [6.45, 7) is 1.34. The van der Waals surface area contributed by atoms with Crippen molar-refractivity contribution < 1.29 is 0 Å². The van der Waals surface area contributed by atoms with Crippen LogP contribution in [0.2, 0.25) is 0 Å². The third kappa shape index (κ3) is 5.81. The van der Waals surface area contributed by atoms with Crippen LogP contribution in [0.3, 0.4) is 0 Å². The maximum atomic E-state index is 5.51. The van der Waals surface area contributed by atoms with Crippen molar-refractivity contribution in [2.45, 2.75) is 13.1 Å². The highest BCUT2D eigenvalue weighted by atomic mass is 32.1. The second-order valence-corrected chi connectivity index (χ2v) is 8.11. The molecular formula is C26H24N4S2. The first-order chi connectivity index (χ1) is 15.7. The van der Waals surface area contributed by atoms with E-state index in [-0.39, 0.29) is 0 Å². The first-order valence-corrected chi connectivity index (χ1v) is 11.2. The van der Waals surface area contributed by atoms with Gasteiger partial charge in [-0.3, -0.25) is 0 Å². The average Bonchev–Trinajstić information content (AvgIpc) is 2.83. The van der Waals surface area contributed by atoms with Crippen molar-refractivity contribution >= 4 is 56.8 Å². The van der Waals surface area contributed by atoms with Crippen LogP contribution >= 0.6 is 24.4 Å². The molecule has 0 aliphatic heterocycles. The van der Waals surface area contributed by atoms with Crippen LogP contribution in [0.15, 0.2) is 97.1 Å². The lowest BCUT2D eigenvalue weighted by Crippen LogP contribution is -2.28. The number of hydrogen-bond acceptors (Lipinski definition) is 2. The molecule has 0 saturated carbocycles. The quantitative estimate of drug-likeness (QED) is 0.275. The lowest BCUT2D eigenvalue weighted by atomic mass is 10.1. The number of thiocarbonyl (C=S) groups is 2. The zero-order valence-electron chi connectivity index (χ0n) is 17.5. The van der Waals surface area contributed by atoms with Crippen molar-refractivity contribution in [3.8, 4) is 0 Å². The molecule has 32 heavy (non-hydrogen) atoms. The Bertz CT molecular complexity index is 1110. The zero-order chi connectivity index (χ0) is 22.2. The van der Waals surface area contributed by atoms with Crippen LogP contribution in [0.4, 0.5) is 11.4 Å². The second-order valence-electron chi connectivity index (χ2n) is 7.29. The van der Waals surface area contributed by atoms with E-state index in [2.05, 4.69) is 57.7 Å². The molecule has 0 radical (unpaired) electrons. The van der Waals surface area contributed by atoms with Crippen molar-refractivity contribution in [2.75, 3.05) is 10.6 Å². The normalized spacial score (nSPS) is 10.4. The summed E-state index contributed by atoms with van der Waals surface area (Å²) < 4.78 is 0. The van der Waals surface area contributed by atoms with Crippen LogP contribution in [0.25, 0.3) is 10.8 Å². The summed E-state index contributed by atoms with van der Waals surface area (Å²) in [5.41, 5.74) is 4.25. The minimum absolute atomic E-state index is 0.583. The Hall–Kier alpha value is -3.48. The Balaban J connectivity index is 1.42. The summed E-state index contributed by atoms with van der Waals surface area (Å²) in [5.74, 6) is 0. The van der Waals surface area contributed by atoms with Gasteiger partial charge in [0, 0.05) is 35.2 Å². The monoisotopic (exact) mass is 456 g/mol. The third-order valence-corrected chi connectivity index (χ3v) is 5.50. The maximum absolute atomic E-state index is 5.51. The Morgan fingerprint density at radius 2 is 0.906 bits per heavy atom. The molecule has 0 aliphatic carbocycles. The van der Waals surface area contributed by atoms with E-state index >= 15 is 0 Å². The summed E-state index contributed by atoms with van der Waals surface area (Å²) in [6, 6.07) is 32.6. The Kier molecular flexibility index (Phi) is 7.27. The van der Waals surface area contributed by atoms with Gasteiger partial charge in [0.1, 0.15) is 0 Å². The predicted molar refractivity (Wildman–Crippen MR) is 143 cm³/mol. The van der Waals surface area contributed by atoms with Crippen LogP contribution in [0, 0.1) is 0 Å². The highest BCUT2D eigenvalue weighted by Crippen LogP contribution is 2.29. The molecule has 0 amide bonds. The molecule has 160 valence electrons. The molecule has 0 aliphatic rings. The van der Waals surface area contributed by atoms with Gasteiger partial charge in [-0.2, -0.15) is 0 Å². The van der Waals surface area contributed by atoms with Crippen LogP contribution in [0.5, 0.6) is 0 Å². The van der Waals surface area contributed by atoms with Gasteiger partial charge in [0.2, 0.25) is 0 Å². The largest absolute Gasteiger partial charge is 0.358 e. The summed E-state index contributed by atoms with van der Waals surface area (Å²) >= 11 is 11.0. The molecule has 0 spiro atoms. The minimum atomic E-state index is 0.583. The molecule has 0 unspecified atom stereocenters. The van der Waals surface area contributed by atoms with Gasteiger partial charge in [-0.05, 0) is 47.7 Å². The van der Waals surface area contributed by atoms with Crippen LogP contribution in [-0.2, 0) is 13.1 Å². The second kappa shape index (κ2) is 10.7. The van der Waals surface area contributed by atoms with Gasteiger partial charge in [-0.15, -0.1) is 0 Å². The van der Waals surface area contributed by atoms with Gasteiger partial charge in [0.15, 0.2) is 10.2 Å². The standard InChI is InChI=1S/C26H24N4S2/c31-25(27-17-19-9-3-1-4-10-19)29-23-15-7-14-22-21(23)13-8-16-24(22)30-26(32)28-18-20-11-5-2-6-12-20/h1-16H,17-18H2,(H2,27,29,31)(H2,28,30,32). The van der Waals surface area contributed by atoms with E-state index in [0.717, 1.165) is 22.1 Å². The van der Waals surface area contributed by atoms with Crippen molar-refractivity contribution in [1.29, 1.82) is 0 Å². The summed E-state index contributed by atoms with van der Waals surface area (Å²) in [7, 11) is 0. The molecule has 6 heteroatoms. The number of benzene rings is 4. The molecule has 0 bridgehead atoms. The molecule has 4 aromatic rings. The fraction of sp³-hybridized carbons (Fsp3) is 0.0769. The number of hydrogen-bond donors (Lipinski definition) is 4. The van der Waals surface area contributed by atoms with Gasteiger partial charge >= 0.3 is 0 Å². The molecular weight excluding hydrogens is 432 g/mol. The lowest BCUT2D eigenvalue weighted by Gasteiger charge is -2.16. The van der Waals surface area contributed by atoms with Gasteiger partial charge in [-0.25, -0.2) is 0 Å². The molecule has 4 N–H and O–H groups in total. The Morgan fingerprint density at radius 1 is 0.500 bits per heavy atom. The SMILES string of the molecule is S=C(NCc1ccccc1)Nc1cccc2c(NC(=S)NCc3ccccc3)cccc12. The van der Waals surface area contributed by atoms with Crippen molar-refractivity contribution in [3.05, 3.63) is 108 Å². The van der Waals surface area contributed by atoms with Gasteiger partial charge in [0.05, 0.1) is 0 Å². The van der Waals surface area contributed by atoms with Gasteiger partial charge in [-0.1, -0.05) is 84.9 Å². The van der Waals surface area contributed by atoms with Gasteiger partial charge < -0.3 is 21.3 Å². The molecule has 4 aromatic carbocycles. The van der Waals surface area contributed by atoms with Crippen LogP contribution in [-0.4, -0.2) is 10.2 Å². The molecule has 4 rings (SSSR count). The van der Waals surface area contributed by atoms with E-state index in [4.69, 9.17) is 24.4 Å². The lowest BCUT2D eigenvalue weighted by molar-refractivity contribution is 0.926. The van der Waals surface area contributed by atoms with Gasteiger partial charge in [0.25, 0.3) is 0 Å². The summed E-state index contributed by atoms with van der Waals surface area (Å²) in [6.07, 6.45) is 0. The zero-order valence-corrected chi connectivity index (χ0v) is 19.1. The summed E-state index contributed by atoms with van der Waals surface area (Å²) in [5, 5.41) is 16.5. The van der Waals surface area contributed by atoms with Crippen molar-refractivity contribution in [2.24, 2.45) is 0 Å². The minimum Gasteiger partial charge on any atom is -0.358 e. The van der Waals surface area contributed by atoms with E-state index in [0.29, 0.717) is 23.3 Å². The third-order valence-electron chi connectivity index (χ3n) is 5.01. The van der Waals surface area contributed by atoms with E-state index in [1.54, 1.807) is 0 Å². The van der Waals surface area contributed by atoms with E-state index in [1.165, 1.54) is 11.1 Å². The number of rotatable bonds is 6. The predicted octanol–water partition coefficient (Wildman–Crippen LogP) is 5.81. The Morgan fingerprint density at radius 3 is 1.31 bits per heavy atom. The first-order valence-electron chi connectivity index (χ1n) is 10.4. The smallest absolute Gasteiger partial charge is 0.171 e. The highest BCUT2D eigenvalue weighted by Gasteiger charge is 2.08. The van der Waals surface area contributed by atoms with E-state index < -0.39 is 0 Å². The molecule has 0 heterocycles.